The fraction of sp³-hybridized carbons (Fsp3) is 0.833. The quantitative estimate of drug-likeness (QED) is 0.618. The van der Waals surface area contributed by atoms with Crippen LogP contribution < -0.4 is 11.1 Å². The molecule has 0 rings (SSSR count). The van der Waals surface area contributed by atoms with E-state index < -0.39 is 12.0 Å². The molecule has 17 heavy (non-hydrogen) atoms. The summed E-state index contributed by atoms with van der Waals surface area (Å²) in [5.74, 6) is -1.59. The molecule has 5 heteroatoms. The number of carbonyl (C=O) groups excluding carboxylic acids is 1. The molecule has 3 atom stereocenters. The number of nitrogens with one attached hydrogen (secondary N) is 1. The van der Waals surface area contributed by atoms with Gasteiger partial charge in [0.1, 0.15) is 6.04 Å². The summed E-state index contributed by atoms with van der Waals surface area (Å²) in [6, 6.07) is -0.833. The molecule has 0 radical (unpaired) electrons. The summed E-state index contributed by atoms with van der Waals surface area (Å²) in [4.78, 5) is 23.0. The maximum Gasteiger partial charge on any atom is 0.326 e. The Bertz CT molecular complexity index is 266. The molecule has 0 saturated carbocycles. The third kappa shape index (κ3) is 4.73. The summed E-state index contributed by atoms with van der Waals surface area (Å²) in [6.45, 7) is 7.74. The number of carboxylic acids is 1. The highest BCUT2D eigenvalue weighted by Crippen LogP contribution is 2.12. The van der Waals surface area contributed by atoms with Gasteiger partial charge in [-0.05, 0) is 11.8 Å². The predicted molar refractivity (Wildman–Crippen MR) is 66.4 cm³/mol. The maximum absolute atomic E-state index is 11.9. The molecular formula is C12H24N2O3. The molecule has 1 unspecified atom stereocenters. The zero-order valence-corrected chi connectivity index (χ0v) is 11.1. The maximum atomic E-state index is 11.9. The molecule has 0 spiro atoms. The molecule has 0 aromatic carbocycles. The van der Waals surface area contributed by atoms with Crippen molar-refractivity contribution in [3.05, 3.63) is 0 Å². The van der Waals surface area contributed by atoms with E-state index in [9.17, 15) is 9.59 Å². The van der Waals surface area contributed by atoms with E-state index in [2.05, 4.69) is 5.32 Å². The zero-order chi connectivity index (χ0) is 13.6. The second kappa shape index (κ2) is 7.27. The van der Waals surface area contributed by atoms with Crippen LogP contribution in [-0.2, 0) is 9.59 Å². The van der Waals surface area contributed by atoms with Crippen molar-refractivity contribution in [2.75, 3.05) is 6.54 Å². The summed E-state index contributed by atoms with van der Waals surface area (Å²) in [7, 11) is 0. The summed E-state index contributed by atoms with van der Waals surface area (Å²) in [5.41, 5.74) is 5.53. The van der Waals surface area contributed by atoms with Crippen LogP contribution >= 0.6 is 0 Å². The molecule has 0 aliphatic rings. The Labute approximate surface area is 103 Å². The van der Waals surface area contributed by atoms with Crippen LogP contribution in [0.5, 0.6) is 0 Å². The molecule has 0 saturated heterocycles. The number of carbonyl (C=O) groups is 2. The predicted octanol–water partition coefficient (Wildman–Crippen LogP) is 0.833. The Morgan fingerprint density at radius 1 is 1.29 bits per heavy atom. The lowest BCUT2D eigenvalue weighted by Crippen LogP contribution is -2.49. The van der Waals surface area contributed by atoms with Crippen molar-refractivity contribution in [3.8, 4) is 0 Å². The number of aliphatic carboxylic acids is 1. The first-order chi connectivity index (χ1) is 7.84. The molecular weight excluding hydrogens is 220 g/mol. The first-order valence-electron chi connectivity index (χ1n) is 6.08. The van der Waals surface area contributed by atoms with Gasteiger partial charge < -0.3 is 16.2 Å². The average Bonchev–Trinajstić information content (AvgIpc) is 2.24. The third-order valence-electron chi connectivity index (χ3n) is 3.17. The largest absolute Gasteiger partial charge is 0.480 e. The molecule has 0 aromatic rings. The van der Waals surface area contributed by atoms with Gasteiger partial charge in [0.05, 0.1) is 5.92 Å². The molecule has 1 amide bonds. The van der Waals surface area contributed by atoms with E-state index >= 15 is 0 Å². The number of carboxylic acid groups (broad SMARTS) is 1. The first-order valence-corrected chi connectivity index (χ1v) is 6.08. The van der Waals surface area contributed by atoms with Crippen LogP contribution in [0.2, 0.25) is 0 Å². The summed E-state index contributed by atoms with van der Waals surface area (Å²) < 4.78 is 0. The van der Waals surface area contributed by atoms with Gasteiger partial charge in [0, 0.05) is 6.54 Å². The van der Waals surface area contributed by atoms with Crippen molar-refractivity contribution in [2.24, 2.45) is 23.5 Å². The second-order valence-electron chi connectivity index (χ2n) is 4.80. The van der Waals surface area contributed by atoms with Crippen LogP contribution in [0.3, 0.4) is 0 Å². The fourth-order valence-electron chi connectivity index (χ4n) is 1.63. The van der Waals surface area contributed by atoms with Gasteiger partial charge in [-0.15, -0.1) is 0 Å². The van der Waals surface area contributed by atoms with Gasteiger partial charge in [0.2, 0.25) is 5.91 Å². The Morgan fingerprint density at radius 2 is 1.82 bits per heavy atom. The molecule has 0 heterocycles. The van der Waals surface area contributed by atoms with Crippen LogP contribution in [0.15, 0.2) is 0 Å². The van der Waals surface area contributed by atoms with Crippen molar-refractivity contribution in [1.29, 1.82) is 0 Å². The van der Waals surface area contributed by atoms with Gasteiger partial charge >= 0.3 is 5.97 Å². The van der Waals surface area contributed by atoms with Crippen molar-refractivity contribution >= 4 is 11.9 Å². The van der Waals surface area contributed by atoms with Crippen molar-refractivity contribution in [3.63, 3.8) is 0 Å². The minimum Gasteiger partial charge on any atom is -0.480 e. The SMILES string of the molecule is CC[C@H](C)[C@H](NC(=O)C(CN)C(C)C)C(=O)O. The lowest BCUT2D eigenvalue weighted by Gasteiger charge is -2.24. The second-order valence-corrected chi connectivity index (χ2v) is 4.80. The minimum atomic E-state index is -0.993. The molecule has 5 nitrogen and oxygen atoms in total. The van der Waals surface area contributed by atoms with E-state index in [0.29, 0.717) is 6.42 Å². The molecule has 100 valence electrons. The van der Waals surface area contributed by atoms with Crippen molar-refractivity contribution in [2.45, 2.75) is 40.2 Å². The first kappa shape index (κ1) is 15.9. The zero-order valence-electron chi connectivity index (χ0n) is 11.1. The lowest BCUT2D eigenvalue weighted by atomic mass is 9.93. The van der Waals surface area contributed by atoms with Crippen LogP contribution in [0.1, 0.15) is 34.1 Å². The van der Waals surface area contributed by atoms with Gasteiger partial charge in [-0.25, -0.2) is 4.79 Å². The van der Waals surface area contributed by atoms with E-state index in [-0.39, 0.29) is 30.2 Å². The summed E-state index contributed by atoms with van der Waals surface area (Å²) in [6.07, 6.45) is 0.701. The van der Waals surface area contributed by atoms with Crippen molar-refractivity contribution < 1.29 is 14.7 Å². The number of hydrogen-bond acceptors (Lipinski definition) is 3. The molecule has 0 bridgehead atoms. The Morgan fingerprint density at radius 3 is 2.12 bits per heavy atom. The number of hydrogen-bond donors (Lipinski definition) is 3. The normalized spacial score (nSPS) is 16.4. The minimum absolute atomic E-state index is 0.0953. The van der Waals surface area contributed by atoms with Gasteiger partial charge in [0.25, 0.3) is 0 Å². The highest BCUT2D eigenvalue weighted by Gasteiger charge is 2.29. The smallest absolute Gasteiger partial charge is 0.326 e. The van der Waals surface area contributed by atoms with Gasteiger partial charge in [0.15, 0.2) is 0 Å². The molecule has 0 aromatic heterocycles. The monoisotopic (exact) mass is 244 g/mol. The van der Waals surface area contributed by atoms with E-state index in [4.69, 9.17) is 10.8 Å². The third-order valence-corrected chi connectivity index (χ3v) is 3.17. The lowest BCUT2D eigenvalue weighted by molar-refractivity contribution is -0.144. The molecule has 0 aliphatic carbocycles. The standard InChI is InChI=1S/C12H24N2O3/c1-5-8(4)10(12(16)17)14-11(15)9(6-13)7(2)3/h7-10H,5-6,13H2,1-4H3,(H,14,15)(H,16,17)/t8-,9?,10-/m0/s1. The fourth-order valence-corrected chi connectivity index (χ4v) is 1.63. The van der Waals surface area contributed by atoms with Gasteiger partial charge in [-0.1, -0.05) is 34.1 Å². The van der Waals surface area contributed by atoms with Gasteiger partial charge in [-0.3, -0.25) is 4.79 Å². The Balaban J connectivity index is 4.65. The highest BCUT2D eigenvalue weighted by atomic mass is 16.4. The summed E-state index contributed by atoms with van der Waals surface area (Å²) in [5, 5.41) is 11.7. The number of nitrogens with two attached hydrogens (primary N) is 1. The highest BCUT2D eigenvalue weighted by molar-refractivity contribution is 5.85. The Kier molecular flexibility index (Phi) is 6.80. The Hall–Kier alpha value is -1.10. The van der Waals surface area contributed by atoms with Gasteiger partial charge in [-0.2, -0.15) is 0 Å². The molecule has 0 aliphatic heterocycles. The van der Waals surface area contributed by atoms with Crippen LogP contribution in [-0.4, -0.2) is 29.6 Å². The van der Waals surface area contributed by atoms with E-state index in [0.717, 1.165) is 0 Å². The van der Waals surface area contributed by atoms with Crippen LogP contribution in [0, 0.1) is 17.8 Å². The molecule has 4 N–H and O–H groups in total. The molecule has 0 fully saturated rings. The van der Waals surface area contributed by atoms with Crippen molar-refractivity contribution in [1.82, 2.24) is 5.32 Å². The van der Waals surface area contributed by atoms with Crippen LogP contribution in [0.25, 0.3) is 0 Å². The van der Waals surface area contributed by atoms with E-state index in [1.807, 2.05) is 27.7 Å². The van der Waals surface area contributed by atoms with E-state index in [1.165, 1.54) is 0 Å². The average molecular weight is 244 g/mol. The number of amides is 1. The van der Waals surface area contributed by atoms with E-state index in [1.54, 1.807) is 0 Å². The number of rotatable bonds is 7. The summed E-state index contributed by atoms with van der Waals surface area (Å²) >= 11 is 0. The topological polar surface area (TPSA) is 92.4 Å². The van der Waals surface area contributed by atoms with Crippen LogP contribution in [0.4, 0.5) is 0 Å².